The molecule has 1 aromatic heterocycles. The first-order valence-electron chi connectivity index (χ1n) is 7.31. The molecule has 1 N–H and O–H groups in total. The Morgan fingerprint density at radius 2 is 2.00 bits per heavy atom. The Balaban J connectivity index is 2.27. The maximum atomic E-state index is 6.02. The fourth-order valence-electron chi connectivity index (χ4n) is 2.32. The van der Waals surface area contributed by atoms with Crippen molar-refractivity contribution < 1.29 is 0 Å². The summed E-state index contributed by atoms with van der Waals surface area (Å²) in [5.41, 5.74) is 1.20. The fourth-order valence-corrected chi connectivity index (χ4v) is 4.64. The zero-order chi connectivity index (χ0) is 15.4. The summed E-state index contributed by atoms with van der Waals surface area (Å²) in [5, 5.41) is 4.41. The summed E-state index contributed by atoms with van der Waals surface area (Å²) in [6, 6.07) is 10.8. The van der Waals surface area contributed by atoms with Gasteiger partial charge in [0.15, 0.2) is 0 Å². The van der Waals surface area contributed by atoms with Gasteiger partial charge in [-0.25, -0.2) is 0 Å². The monoisotopic (exact) mass is 385 g/mol. The van der Waals surface area contributed by atoms with Crippen LogP contribution in [0.25, 0.3) is 10.4 Å². The molecule has 0 saturated heterocycles. The number of halogens is 2. The molecule has 0 saturated carbocycles. The third-order valence-electron chi connectivity index (χ3n) is 3.41. The Bertz CT molecular complexity index is 594. The molecule has 2 aromatic rings. The maximum Gasteiger partial charge on any atom is 0.0438 e. The summed E-state index contributed by atoms with van der Waals surface area (Å²) in [6.07, 6.45) is 1.16. The van der Waals surface area contributed by atoms with E-state index in [9.17, 15) is 0 Å². The van der Waals surface area contributed by atoms with Crippen molar-refractivity contribution in [2.24, 2.45) is 5.92 Å². The molecule has 0 amide bonds. The molecule has 21 heavy (non-hydrogen) atoms. The van der Waals surface area contributed by atoms with Crippen molar-refractivity contribution in [3.63, 3.8) is 0 Å². The number of nitrogens with one attached hydrogen (secondary N) is 1. The van der Waals surface area contributed by atoms with Gasteiger partial charge in [0.2, 0.25) is 0 Å². The second-order valence-corrected chi connectivity index (χ2v) is 7.91. The maximum absolute atomic E-state index is 6.02. The van der Waals surface area contributed by atoms with E-state index in [1.165, 1.54) is 15.3 Å². The highest BCUT2D eigenvalue weighted by Gasteiger charge is 2.18. The van der Waals surface area contributed by atoms with Crippen molar-refractivity contribution in [3.8, 4) is 10.4 Å². The molecule has 1 nitrogen and oxygen atoms in total. The van der Waals surface area contributed by atoms with Gasteiger partial charge >= 0.3 is 0 Å². The van der Waals surface area contributed by atoms with Gasteiger partial charge in [-0.05, 0) is 43.1 Å². The number of benzene rings is 1. The average molecular weight is 387 g/mol. The van der Waals surface area contributed by atoms with Gasteiger partial charge in [-0.15, -0.1) is 11.3 Å². The molecular formula is C17H21BrClNS. The molecule has 1 unspecified atom stereocenters. The van der Waals surface area contributed by atoms with Crippen molar-refractivity contribution in [1.82, 2.24) is 5.32 Å². The van der Waals surface area contributed by atoms with E-state index in [-0.39, 0.29) is 0 Å². The largest absolute Gasteiger partial charge is 0.309 e. The molecular weight excluding hydrogens is 366 g/mol. The normalized spacial score (nSPS) is 12.9. The van der Waals surface area contributed by atoms with E-state index in [1.807, 2.05) is 23.5 Å². The van der Waals surface area contributed by atoms with E-state index in [2.05, 4.69) is 60.2 Å². The Hall–Kier alpha value is -0.350. The van der Waals surface area contributed by atoms with Crippen molar-refractivity contribution in [2.75, 3.05) is 6.54 Å². The second-order valence-electron chi connectivity index (χ2n) is 5.50. The van der Waals surface area contributed by atoms with E-state index in [0.29, 0.717) is 12.0 Å². The van der Waals surface area contributed by atoms with Crippen LogP contribution in [0, 0.1) is 5.92 Å². The first kappa shape index (κ1) is 17.0. The van der Waals surface area contributed by atoms with E-state index >= 15 is 0 Å². The lowest BCUT2D eigenvalue weighted by Gasteiger charge is -2.21. The Labute approximate surface area is 144 Å². The predicted molar refractivity (Wildman–Crippen MR) is 98.3 cm³/mol. The third kappa shape index (κ3) is 4.32. The van der Waals surface area contributed by atoms with Crippen LogP contribution in [0.5, 0.6) is 0 Å². The van der Waals surface area contributed by atoms with Gasteiger partial charge in [0.05, 0.1) is 0 Å². The van der Waals surface area contributed by atoms with Crippen LogP contribution < -0.4 is 5.32 Å². The van der Waals surface area contributed by atoms with Gasteiger partial charge in [-0.1, -0.05) is 54.4 Å². The summed E-state index contributed by atoms with van der Waals surface area (Å²) >= 11 is 11.5. The Kier molecular flexibility index (Phi) is 6.30. The van der Waals surface area contributed by atoms with Crippen LogP contribution in [0.4, 0.5) is 0 Å². The van der Waals surface area contributed by atoms with Gasteiger partial charge in [0.25, 0.3) is 0 Å². The summed E-state index contributed by atoms with van der Waals surface area (Å²) in [6.45, 7) is 7.80. The molecule has 0 radical (unpaired) electrons. The van der Waals surface area contributed by atoms with Crippen LogP contribution in [0.3, 0.4) is 0 Å². The number of hydrogen-bond donors (Lipinski definition) is 1. The van der Waals surface area contributed by atoms with Crippen molar-refractivity contribution in [1.29, 1.82) is 0 Å². The minimum Gasteiger partial charge on any atom is -0.309 e. The zero-order valence-corrected chi connectivity index (χ0v) is 15.8. The summed E-state index contributed by atoms with van der Waals surface area (Å²) in [7, 11) is 0. The minimum absolute atomic E-state index is 0.426. The molecule has 114 valence electrons. The Morgan fingerprint density at radius 1 is 1.24 bits per heavy atom. The molecule has 0 spiro atoms. The van der Waals surface area contributed by atoms with Gasteiger partial charge < -0.3 is 5.32 Å². The van der Waals surface area contributed by atoms with Crippen LogP contribution >= 0.6 is 38.9 Å². The van der Waals surface area contributed by atoms with Crippen molar-refractivity contribution in [3.05, 3.63) is 44.7 Å². The van der Waals surface area contributed by atoms with Crippen molar-refractivity contribution in [2.45, 2.75) is 33.2 Å². The van der Waals surface area contributed by atoms with E-state index in [0.717, 1.165) is 22.5 Å². The summed E-state index contributed by atoms with van der Waals surface area (Å²) in [4.78, 5) is 2.67. The number of thiophene rings is 1. The molecule has 1 atom stereocenters. The minimum atomic E-state index is 0.426. The van der Waals surface area contributed by atoms with Crippen LogP contribution in [-0.4, -0.2) is 6.54 Å². The predicted octanol–water partition coefficient (Wildman–Crippen LogP) is 6.53. The van der Waals surface area contributed by atoms with Crippen LogP contribution in [-0.2, 0) is 0 Å². The lowest BCUT2D eigenvalue weighted by atomic mass is 10.0. The number of hydrogen-bond acceptors (Lipinski definition) is 2. The quantitative estimate of drug-likeness (QED) is 0.595. The molecule has 0 fully saturated rings. The van der Waals surface area contributed by atoms with E-state index in [4.69, 9.17) is 11.6 Å². The van der Waals surface area contributed by atoms with E-state index < -0.39 is 0 Å². The molecule has 0 bridgehead atoms. The molecule has 2 rings (SSSR count). The van der Waals surface area contributed by atoms with Gasteiger partial charge in [0.1, 0.15) is 0 Å². The third-order valence-corrected chi connectivity index (χ3v) is 5.50. The van der Waals surface area contributed by atoms with Crippen LogP contribution in [0.2, 0.25) is 5.02 Å². The highest BCUT2D eigenvalue weighted by molar-refractivity contribution is 9.10. The summed E-state index contributed by atoms with van der Waals surface area (Å²) in [5.74, 6) is 0.580. The molecule has 0 aliphatic rings. The lowest BCUT2D eigenvalue weighted by Crippen LogP contribution is -2.25. The topological polar surface area (TPSA) is 12.0 Å². The molecule has 4 heteroatoms. The molecule has 1 heterocycles. The second kappa shape index (κ2) is 7.77. The fraction of sp³-hybridized carbons (Fsp3) is 0.412. The van der Waals surface area contributed by atoms with Crippen molar-refractivity contribution >= 4 is 38.9 Å². The zero-order valence-electron chi connectivity index (χ0n) is 12.6. The average Bonchev–Trinajstić information content (AvgIpc) is 2.88. The smallest absolute Gasteiger partial charge is 0.0438 e. The molecule has 1 aromatic carbocycles. The highest BCUT2D eigenvalue weighted by Crippen LogP contribution is 2.38. The first-order valence-corrected chi connectivity index (χ1v) is 9.30. The Morgan fingerprint density at radius 3 is 2.62 bits per heavy atom. The lowest BCUT2D eigenvalue weighted by molar-refractivity contribution is 0.418. The van der Waals surface area contributed by atoms with Gasteiger partial charge in [0, 0.05) is 30.9 Å². The molecule has 0 aliphatic heterocycles. The van der Waals surface area contributed by atoms with Crippen LogP contribution in [0.1, 0.15) is 38.1 Å². The highest BCUT2D eigenvalue weighted by atomic mass is 79.9. The van der Waals surface area contributed by atoms with Crippen LogP contribution in [0.15, 0.2) is 34.8 Å². The first-order chi connectivity index (χ1) is 10.0. The molecule has 0 aliphatic carbocycles. The van der Waals surface area contributed by atoms with E-state index in [1.54, 1.807) is 0 Å². The SMILES string of the molecule is CCCNC(c1ccc(-c2ccc(Cl)cc2Br)s1)C(C)C. The van der Waals surface area contributed by atoms with Gasteiger partial charge in [-0.3, -0.25) is 0 Å². The summed E-state index contributed by atoms with van der Waals surface area (Å²) < 4.78 is 1.05. The number of rotatable bonds is 6. The standard InChI is InChI=1S/C17H21BrClNS/c1-4-9-20-17(11(2)3)16-8-7-15(21-16)13-6-5-12(19)10-14(13)18/h5-8,10-11,17,20H,4,9H2,1-3H3. The van der Waals surface area contributed by atoms with Gasteiger partial charge in [-0.2, -0.15) is 0 Å².